The standard InChI is InChI=1S/C15H18N6OS2/c1-3-18-14-19-9-6-8(4-5-11(9)22-14)12(23-2)10-7-24-15(20-10)21-13(16)17/h4-7,12H,3H2,1-2H3,(H,18,19)(H4,16,17,20,21). The van der Waals surface area contributed by atoms with Crippen LogP contribution in [-0.4, -0.2) is 28.7 Å². The number of benzene rings is 1. The fraction of sp³-hybridized carbons (Fsp3) is 0.267. The molecule has 0 saturated heterocycles. The minimum atomic E-state index is 0.0107. The fourth-order valence-corrected chi connectivity index (χ4v) is 3.92. The summed E-state index contributed by atoms with van der Waals surface area (Å²) in [6.45, 7) is 2.76. The van der Waals surface area contributed by atoms with E-state index >= 15 is 0 Å². The first kappa shape index (κ1) is 16.6. The fourth-order valence-electron chi connectivity index (χ4n) is 2.32. The van der Waals surface area contributed by atoms with Gasteiger partial charge in [-0.15, -0.1) is 11.3 Å². The summed E-state index contributed by atoms with van der Waals surface area (Å²) in [4.78, 5) is 13.0. The predicted octanol–water partition coefficient (Wildman–Crippen LogP) is 3.07. The Hall–Kier alpha value is -2.26. The van der Waals surface area contributed by atoms with E-state index in [1.54, 1.807) is 11.8 Å². The van der Waals surface area contributed by atoms with Crippen LogP contribution in [0.4, 0.5) is 11.1 Å². The third kappa shape index (κ3) is 3.46. The van der Waals surface area contributed by atoms with E-state index < -0.39 is 0 Å². The van der Waals surface area contributed by atoms with Gasteiger partial charge in [0.25, 0.3) is 6.01 Å². The van der Waals surface area contributed by atoms with Gasteiger partial charge in [0, 0.05) is 11.9 Å². The molecule has 2 aromatic heterocycles. The molecular weight excluding hydrogens is 344 g/mol. The van der Waals surface area contributed by atoms with E-state index in [1.165, 1.54) is 11.3 Å². The number of hydrogen-bond acceptors (Lipinski definition) is 7. The Morgan fingerprint density at radius 2 is 2.25 bits per heavy atom. The van der Waals surface area contributed by atoms with Crippen molar-refractivity contribution in [2.75, 3.05) is 18.1 Å². The largest absolute Gasteiger partial charge is 0.424 e. The number of anilines is 1. The van der Waals surface area contributed by atoms with Crippen LogP contribution in [0.15, 0.2) is 33.0 Å². The molecule has 0 radical (unpaired) electrons. The summed E-state index contributed by atoms with van der Waals surface area (Å²) in [5.41, 5.74) is 14.4. The third-order valence-electron chi connectivity index (χ3n) is 3.28. The van der Waals surface area contributed by atoms with Crippen LogP contribution in [0.2, 0.25) is 0 Å². The summed E-state index contributed by atoms with van der Waals surface area (Å²) in [6.07, 6.45) is 2.04. The number of fused-ring (bicyclic) bond motifs is 1. The van der Waals surface area contributed by atoms with E-state index in [0.29, 0.717) is 11.1 Å². The number of rotatable bonds is 6. The number of guanidine groups is 1. The summed E-state index contributed by atoms with van der Waals surface area (Å²) in [5, 5.41) is 5.69. The highest BCUT2D eigenvalue weighted by atomic mass is 32.2. The van der Waals surface area contributed by atoms with E-state index in [9.17, 15) is 0 Å². The molecule has 5 N–H and O–H groups in total. The van der Waals surface area contributed by atoms with Gasteiger partial charge in [0.05, 0.1) is 10.9 Å². The first-order valence-electron chi connectivity index (χ1n) is 7.33. The SMILES string of the molecule is CCNc1nc2cc(C(SC)c3csc(N=C(N)N)n3)ccc2o1. The molecule has 3 aromatic rings. The smallest absolute Gasteiger partial charge is 0.295 e. The van der Waals surface area contributed by atoms with Crippen LogP contribution < -0.4 is 16.8 Å². The number of aromatic nitrogens is 2. The van der Waals surface area contributed by atoms with Crippen LogP contribution in [0, 0.1) is 0 Å². The maximum atomic E-state index is 5.64. The number of nitrogens with two attached hydrogens (primary N) is 2. The lowest BCUT2D eigenvalue weighted by Gasteiger charge is -2.11. The molecule has 0 aliphatic heterocycles. The number of hydrogen-bond donors (Lipinski definition) is 3. The van der Waals surface area contributed by atoms with Crippen LogP contribution in [0.1, 0.15) is 23.4 Å². The lowest BCUT2D eigenvalue weighted by atomic mass is 10.1. The zero-order chi connectivity index (χ0) is 17.1. The van der Waals surface area contributed by atoms with Gasteiger partial charge in [-0.25, -0.2) is 4.98 Å². The second-order valence-corrected chi connectivity index (χ2v) is 6.76. The molecule has 7 nitrogen and oxygen atoms in total. The van der Waals surface area contributed by atoms with Crippen molar-refractivity contribution in [1.29, 1.82) is 0 Å². The second-order valence-electron chi connectivity index (χ2n) is 4.98. The summed E-state index contributed by atoms with van der Waals surface area (Å²) >= 11 is 3.11. The van der Waals surface area contributed by atoms with Gasteiger partial charge >= 0.3 is 0 Å². The van der Waals surface area contributed by atoms with Gasteiger partial charge < -0.3 is 21.2 Å². The molecular formula is C15H18N6OS2. The molecule has 0 aliphatic rings. The molecule has 9 heteroatoms. The van der Waals surface area contributed by atoms with Crippen molar-refractivity contribution in [3.8, 4) is 0 Å². The number of thiazole rings is 1. The highest BCUT2D eigenvalue weighted by molar-refractivity contribution is 7.99. The van der Waals surface area contributed by atoms with Crippen molar-refractivity contribution in [2.24, 2.45) is 16.5 Å². The zero-order valence-corrected chi connectivity index (χ0v) is 14.9. The summed E-state index contributed by atoms with van der Waals surface area (Å²) in [7, 11) is 0. The van der Waals surface area contributed by atoms with Crippen LogP contribution in [0.5, 0.6) is 0 Å². The lowest BCUT2D eigenvalue weighted by molar-refractivity contribution is 0.616. The van der Waals surface area contributed by atoms with Gasteiger partial charge in [0.1, 0.15) is 5.52 Å². The Bertz CT molecular complexity index is 868. The van der Waals surface area contributed by atoms with Gasteiger partial charge in [0.15, 0.2) is 11.5 Å². The molecule has 126 valence electrons. The van der Waals surface area contributed by atoms with Crippen molar-refractivity contribution < 1.29 is 4.42 Å². The molecule has 1 unspecified atom stereocenters. The molecule has 0 bridgehead atoms. The summed E-state index contributed by atoms with van der Waals surface area (Å²) in [5.74, 6) is 0.0107. The van der Waals surface area contributed by atoms with Crippen LogP contribution in [0.3, 0.4) is 0 Å². The minimum Gasteiger partial charge on any atom is -0.424 e. The highest BCUT2D eigenvalue weighted by Crippen LogP contribution is 2.37. The summed E-state index contributed by atoms with van der Waals surface area (Å²) in [6, 6.07) is 6.53. The maximum Gasteiger partial charge on any atom is 0.295 e. The van der Waals surface area contributed by atoms with Crippen molar-refractivity contribution >= 4 is 51.3 Å². The molecule has 0 saturated carbocycles. The van der Waals surface area contributed by atoms with Gasteiger partial charge in [0.2, 0.25) is 5.13 Å². The van der Waals surface area contributed by atoms with E-state index in [1.807, 2.05) is 36.8 Å². The van der Waals surface area contributed by atoms with Crippen LogP contribution in [-0.2, 0) is 0 Å². The topological polar surface area (TPSA) is 115 Å². The normalized spacial score (nSPS) is 12.2. The van der Waals surface area contributed by atoms with Crippen molar-refractivity contribution in [2.45, 2.75) is 12.2 Å². The molecule has 0 fully saturated rings. The Morgan fingerprint density at radius 3 is 2.96 bits per heavy atom. The Kier molecular flexibility index (Phi) is 4.91. The predicted molar refractivity (Wildman–Crippen MR) is 101 cm³/mol. The quantitative estimate of drug-likeness (QED) is 0.456. The van der Waals surface area contributed by atoms with Gasteiger partial charge in [-0.3, -0.25) is 0 Å². The van der Waals surface area contributed by atoms with Crippen LogP contribution >= 0.6 is 23.1 Å². The number of oxazole rings is 1. The molecule has 0 aliphatic carbocycles. The molecule has 2 heterocycles. The third-order valence-corrected chi connectivity index (χ3v) is 5.02. The van der Waals surface area contributed by atoms with E-state index in [-0.39, 0.29) is 11.2 Å². The van der Waals surface area contributed by atoms with Gasteiger partial charge in [-0.2, -0.15) is 21.7 Å². The number of nitrogens with one attached hydrogen (secondary N) is 1. The molecule has 0 amide bonds. The van der Waals surface area contributed by atoms with E-state index in [4.69, 9.17) is 15.9 Å². The van der Waals surface area contributed by atoms with Crippen LogP contribution in [0.25, 0.3) is 11.1 Å². The van der Waals surface area contributed by atoms with E-state index in [2.05, 4.69) is 20.3 Å². The Balaban J connectivity index is 1.93. The average molecular weight is 362 g/mol. The lowest BCUT2D eigenvalue weighted by Crippen LogP contribution is -2.21. The van der Waals surface area contributed by atoms with Gasteiger partial charge in [-0.05, 0) is 30.9 Å². The van der Waals surface area contributed by atoms with E-state index in [0.717, 1.165) is 28.9 Å². The molecule has 1 atom stereocenters. The molecule has 0 spiro atoms. The first-order valence-corrected chi connectivity index (χ1v) is 9.49. The van der Waals surface area contributed by atoms with Crippen molar-refractivity contribution in [3.63, 3.8) is 0 Å². The zero-order valence-electron chi connectivity index (χ0n) is 13.3. The molecule has 1 aromatic carbocycles. The summed E-state index contributed by atoms with van der Waals surface area (Å²) < 4.78 is 5.64. The van der Waals surface area contributed by atoms with Crippen molar-refractivity contribution in [3.05, 3.63) is 34.8 Å². The van der Waals surface area contributed by atoms with Gasteiger partial charge in [-0.1, -0.05) is 6.07 Å². The molecule has 3 rings (SSSR count). The highest BCUT2D eigenvalue weighted by Gasteiger charge is 2.18. The maximum absolute atomic E-state index is 5.64. The first-order chi connectivity index (χ1) is 11.6. The molecule has 24 heavy (non-hydrogen) atoms. The number of aliphatic imine (C=N–C) groups is 1. The van der Waals surface area contributed by atoms with Crippen molar-refractivity contribution in [1.82, 2.24) is 9.97 Å². The minimum absolute atomic E-state index is 0.0107. The Morgan fingerprint density at radius 1 is 1.42 bits per heavy atom. The second kappa shape index (κ2) is 7.10. The monoisotopic (exact) mass is 362 g/mol. The number of thioether (sulfide) groups is 1. The number of nitrogens with zero attached hydrogens (tertiary/aromatic N) is 3. The Labute approximate surface area is 147 Å². The average Bonchev–Trinajstić information content (AvgIpc) is 3.14.